The maximum atomic E-state index is 13.0. The number of nitrogens with zero attached hydrogens (tertiary/aromatic N) is 2. The number of amides is 3. The van der Waals surface area contributed by atoms with Gasteiger partial charge in [-0.2, -0.15) is 0 Å². The fourth-order valence-electron chi connectivity index (χ4n) is 3.34. The summed E-state index contributed by atoms with van der Waals surface area (Å²) in [7, 11) is 0. The maximum absolute atomic E-state index is 13.0. The van der Waals surface area contributed by atoms with Crippen molar-refractivity contribution in [2.75, 3.05) is 19.6 Å². The lowest BCUT2D eigenvalue weighted by Crippen LogP contribution is -2.53. The Balaban J connectivity index is 2.10. The molecule has 0 bridgehead atoms. The molecule has 27 heavy (non-hydrogen) atoms. The molecule has 3 amide bonds. The van der Waals surface area contributed by atoms with Gasteiger partial charge in [-0.1, -0.05) is 0 Å². The summed E-state index contributed by atoms with van der Waals surface area (Å²) in [6, 6.07) is -1.73. The van der Waals surface area contributed by atoms with E-state index in [0.717, 1.165) is 0 Å². The van der Waals surface area contributed by atoms with Crippen molar-refractivity contribution in [3.05, 3.63) is 0 Å². The summed E-state index contributed by atoms with van der Waals surface area (Å²) >= 11 is 0. The number of carboxylic acids is 1. The van der Waals surface area contributed by atoms with Gasteiger partial charge in [-0.15, -0.1) is 0 Å². The number of carbonyl (C=O) groups is 4. The van der Waals surface area contributed by atoms with E-state index in [1.54, 1.807) is 20.8 Å². The zero-order valence-corrected chi connectivity index (χ0v) is 15.8. The summed E-state index contributed by atoms with van der Waals surface area (Å²) in [5, 5.41) is 20.8. The van der Waals surface area contributed by atoms with Crippen LogP contribution in [0.4, 0.5) is 4.79 Å². The highest BCUT2D eigenvalue weighted by Crippen LogP contribution is 2.26. The van der Waals surface area contributed by atoms with E-state index in [2.05, 4.69) is 5.32 Å². The molecule has 0 aliphatic carbocycles. The Hall–Kier alpha value is -2.36. The molecule has 2 aliphatic heterocycles. The van der Waals surface area contributed by atoms with Gasteiger partial charge in [-0.05, 0) is 33.6 Å². The van der Waals surface area contributed by atoms with E-state index >= 15 is 0 Å². The molecule has 0 aromatic heterocycles. The first-order valence-corrected chi connectivity index (χ1v) is 8.97. The number of hydrogen-bond acceptors (Lipinski definition) is 6. The van der Waals surface area contributed by atoms with Crippen molar-refractivity contribution in [2.24, 2.45) is 0 Å². The smallest absolute Gasteiger partial charge is 0.410 e. The number of carboxylic acid groups (broad SMARTS) is 1. The van der Waals surface area contributed by atoms with E-state index in [0.29, 0.717) is 19.4 Å². The normalized spacial score (nSPS) is 25.4. The Labute approximate surface area is 157 Å². The number of rotatable bonds is 4. The molecule has 0 aromatic carbocycles. The molecule has 0 spiro atoms. The summed E-state index contributed by atoms with van der Waals surface area (Å²) in [5.41, 5.74) is -0.698. The molecule has 2 saturated heterocycles. The first kappa shape index (κ1) is 20.9. The van der Waals surface area contributed by atoms with Crippen molar-refractivity contribution in [1.82, 2.24) is 15.1 Å². The Bertz CT molecular complexity index is 616. The molecule has 152 valence electrons. The van der Waals surface area contributed by atoms with E-state index in [1.165, 1.54) is 9.80 Å². The van der Waals surface area contributed by atoms with Crippen molar-refractivity contribution in [1.29, 1.82) is 0 Å². The summed E-state index contributed by atoms with van der Waals surface area (Å²) in [6.45, 7) is 4.97. The largest absolute Gasteiger partial charge is 0.480 e. The fourth-order valence-corrected chi connectivity index (χ4v) is 3.34. The van der Waals surface area contributed by atoms with Crippen molar-refractivity contribution in [3.8, 4) is 0 Å². The van der Waals surface area contributed by atoms with Crippen LogP contribution in [-0.4, -0.2) is 87.3 Å². The van der Waals surface area contributed by atoms with Gasteiger partial charge < -0.3 is 25.2 Å². The topological polar surface area (TPSA) is 136 Å². The van der Waals surface area contributed by atoms with Gasteiger partial charge in [-0.25, -0.2) is 4.79 Å². The predicted octanol–water partition coefficient (Wildman–Crippen LogP) is -0.451. The minimum atomic E-state index is -1.20. The van der Waals surface area contributed by atoms with Crippen LogP contribution in [0.1, 0.15) is 40.0 Å². The van der Waals surface area contributed by atoms with Crippen LogP contribution < -0.4 is 5.32 Å². The molecule has 2 rings (SSSR count). The minimum Gasteiger partial charge on any atom is -0.480 e. The van der Waals surface area contributed by atoms with Crippen LogP contribution in [-0.2, 0) is 19.1 Å². The van der Waals surface area contributed by atoms with Crippen molar-refractivity contribution < 1.29 is 34.1 Å². The minimum absolute atomic E-state index is 0.0242. The van der Waals surface area contributed by atoms with Gasteiger partial charge >= 0.3 is 12.1 Å². The molecule has 3 atom stereocenters. The van der Waals surface area contributed by atoms with Gasteiger partial charge in [0, 0.05) is 19.5 Å². The SMILES string of the molecule is CC(C)(C)OC(=O)N1CCC[C@H]1C(=O)N1C[C@H](O)C[C@H]1C(=O)NCC(=O)O. The van der Waals surface area contributed by atoms with Gasteiger partial charge in [0.05, 0.1) is 6.10 Å². The summed E-state index contributed by atoms with van der Waals surface area (Å²) < 4.78 is 5.35. The quantitative estimate of drug-likeness (QED) is 0.596. The van der Waals surface area contributed by atoms with Crippen LogP contribution in [0.3, 0.4) is 0 Å². The Morgan fingerprint density at radius 1 is 1.15 bits per heavy atom. The predicted molar refractivity (Wildman–Crippen MR) is 92.7 cm³/mol. The number of aliphatic hydroxyl groups is 1. The third-order valence-corrected chi connectivity index (χ3v) is 4.44. The lowest BCUT2D eigenvalue weighted by molar-refractivity contribution is -0.143. The second-order valence-corrected chi connectivity index (χ2v) is 7.84. The second-order valence-electron chi connectivity index (χ2n) is 7.84. The molecule has 0 saturated carbocycles. The number of aliphatic hydroxyl groups excluding tert-OH is 1. The Morgan fingerprint density at radius 2 is 1.81 bits per heavy atom. The van der Waals surface area contributed by atoms with Crippen LogP contribution in [0, 0.1) is 0 Å². The zero-order chi connectivity index (χ0) is 20.4. The average Bonchev–Trinajstić information content (AvgIpc) is 3.16. The van der Waals surface area contributed by atoms with Gasteiger partial charge in [-0.3, -0.25) is 19.3 Å². The first-order chi connectivity index (χ1) is 12.5. The molecule has 10 heteroatoms. The number of likely N-dealkylation sites (tertiary alicyclic amines) is 2. The Kier molecular flexibility index (Phi) is 6.30. The number of carbonyl (C=O) groups excluding carboxylic acids is 3. The van der Waals surface area contributed by atoms with Crippen LogP contribution in [0.15, 0.2) is 0 Å². The van der Waals surface area contributed by atoms with Crippen molar-refractivity contribution in [2.45, 2.75) is 63.8 Å². The standard InChI is InChI=1S/C17H27N3O7/c1-17(2,3)27-16(26)19-6-4-5-11(19)15(25)20-9-10(21)7-12(20)14(24)18-8-13(22)23/h10-12,21H,4-9H2,1-3H3,(H,18,24)(H,22,23)/t10-,11+,12+/m1/s1. The molecule has 2 aliphatic rings. The molecule has 2 fully saturated rings. The van der Waals surface area contributed by atoms with E-state index in [4.69, 9.17) is 9.84 Å². The lowest BCUT2D eigenvalue weighted by Gasteiger charge is -2.32. The van der Waals surface area contributed by atoms with E-state index in [-0.39, 0.29) is 13.0 Å². The van der Waals surface area contributed by atoms with Crippen LogP contribution in [0.25, 0.3) is 0 Å². The molecule has 0 unspecified atom stereocenters. The highest BCUT2D eigenvalue weighted by molar-refractivity contribution is 5.93. The third kappa shape index (κ3) is 5.31. The highest BCUT2D eigenvalue weighted by Gasteiger charge is 2.45. The summed E-state index contributed by atoms with van der Waals surface area (Å²) in [6.07, 6.45) is -0.386. The molecule has 0 aromatic rings. The highest BCUT2D eigenvalue weighted by atomic mass is 16.6. The lowest BCUT2D eigenvalue weighted by atomic mass is 10.1. The molecular weight excluding hydrogens is 358 g/mol. The van der Waals surface area contributed by atoms with Gasteiger partial charge in [0.2, 0.25) is 11.8 Å². The number of nitrogens with one attached hydrogen (secondary N) is 1. The molecular formula is C17H27N3O7. The van der Waals surface area contributed by atoms with E-state index < -0.39 is 54.2 Å². The molecule has 3 N–H and O–H groups in total. The Morgan fingerprint density at radius 3 is 2.41 bits per heavy atom. The molecule has 10 nitrogen and oxygen atoms in total. The molecule has 0 radical (unpaired) electrons. The van der Waals surface area contributed by atoms with Crippen molar-refractivity contribution >= 4 is 23.9 Å². The third-order valence-electron chi connectivity index (χ3n) is 4.44. The monoisotopic (exact) mass is 385 g/mol. The number of β-amino-alcohol motifs (C(OH)–C–C–N with tert-alkyl or cyclic N) is 1. The first-order valence-electron chi connectivity index (χ1n) is 8.97. The zero-order valence-electron chi connectivity index (χ0n) is 15.8. The van der Waals surface area contributed by atoms with Crippen LogP contribution >= 0.6 is 0 Å². The van der Waals surface area contributed by atoms with Gasteiger partial charge in [0.15, 0.2) is 0 Å². The average molecular weight is 385 g/mol. The number of ether oxygens (including phenoxy) is 1. The van der Waals surface area contributed by atoms with Gasteiger partial charge in [0.25, 0.3) is 0 Å². The van der Waals surface area contributed by atoms with E-state index in [9.17, 15) is 24.3 Å². The number of hydrogen-bond donors (Lipinski definition) is 3. The van der Waals surface area contributed by atoms with Gasteiger partial charge in [0.1, 0.15) is 24.2 Å². The fraction of sp³-hybridized carbons (Fsp3) is 0.765. The maximum Gasteiger partial charge on any atom is 0.410 e. The van der Waals surface area contributed by atoms with Crippen molar-refractivity contribution in [3.63, 3.8) is 0 Å². The summed E-state index contributed by atoms with van der Waals surface area (Å²) in [4.78, 5) is 50.8. The van der Waals surface area contributed by atoms with Crippen LogP contribution in [0.2, 0.25) is 0 Å². The second kappa shape index (κ2) is 8.12. The number of aliphatic carboxylic acids is 1. The van der Waals surface area contributed by atoms with Crippen LogP contribution in [0.5, 0.6) is 0 Å². The molecule has 2 heterocycles. The van der Waals surface area contributed by atoms with E-state index in [1.807, 2.05) is 0 Å². The summed E-state index contributed by atoms with van der Waals surface area (Å²) in [5.74, 6) is -2.28.